The van der Waals surface area contributed by atoms with E-state index in [9.17, 15) is 4.79 Å². The molecule has 1 N–H and O–H groups in total. The van der Waals surface area contributed by atoms with Gasteiger partial charge in [0.15, 0.2) is 5.82 Å². The highest BCUT2D eigenvalue weighted by Crippen LogP contribution is 2.22. The maximum absolute atomic E-state index is 12.6. The Labute approximate surface area is 157 Å². The summed E-state index contributed by atoms with van der Waals surface area (Å²) in [7, 11) is 0. The van der Waals surface area contributed by atoms with Crippen LogP contribution in [0, 0.1) is 0 Å². The molecule has 2 aromatic heterocycles. The highest BCUT2D eigenvalue weighted by molar-refractivity contribution is 9.10. The molecule has 0 atom stereocenters. The molecule has 25 heavy (non-hydrogen) atoms. The lowest BCUT2D eigenvalue weighted by Gasteiger charge is -2.09. The molecule has 3 aromatic rings. The number of benzene rings is 1. The Morgan fingerprint density at radius 2 is 2.08 bits per heavy atom. The van der Waals surface area contributed by atoms with E-state index < -0.39 is 0 Å². The molecule has 0 aliphatic carbocycles. The first-order chi connectivity index (χ1) is 12.1. The Bertz CT molecular complexity index is 896. The summed E-state index contributed by atoms with van der Waals surface area (Å²) in [6.07, 6.45) is 1.59. The van der Waals surface area contributed by atoms with Crippen molar-refractivity contribution in [2.24, 2.45) is 0 Å². The van der Waals surface area contributed by atoms with Gasteiger partial charge >= 0.3 is 0 Å². The van der Waals surface area contributed by atoms with E-state index in [4.69, 9.17) is 16.3 Å². The van der Waals surface area contributed by atoms with Gasteiger partial charge in [-0.1, -0.05) is 11.6 Å². The maximum atomic E-state index is 12.6. The summed E-state index contributed by atoms with van der Waals surface area (Å²) < 4.78 is 7.29. The molecule has 0 saturated carbocycles. The summed E-state index contributed by atoms with van der Waals surface area (Å²) in [4.78, 5) is 16.8. The first kappa shape index (κ1) is 17.4. The van der Waals surface area contributed by atoms with Crippen molar-refractivity contribution in [3.05, 3.63) is 64.0 Å². The number of anilines is 1. The number of carbonyl (C=O) groups excluding carboxylic acids is 1. The molecule has 6 nitrogen and oxygen atoms in total. The molecular formula is C17H14BrClN4O2. The third-order valence-corrected chi connectivity index (χ3v) is 3.96. The van der Waals surface area contributed by atoms with E-state index in [0.717, 1.165) is 5.75 Å². The first-order valence-electron chi connectivity index (χ1n) is 7.49. The Balaban J connectivity index is 1.87. The molecule has 0 unspecified atom stereocenters. The lowest BCUT2D eigenvalue weighted by Crippen LogP contribution is -2.17. The van der Waals surface area contributed by atoms with Crippen LogP contribution in [0.5, 0.6) is 5.75 Å². The van der Waals surface area contributed by atoms with Crippen LogP contribution in [0.15, 0.2) is 53.3 Å². The van der Waals surface area contributed by atoms with Gasteiger partial charge in [0.2, 0.25) is 0 Å². The van der Waals surface area contributed by atoms with Gasteiger partial charge in [-0.05, 0) is 59.3 Å². The average molecular weight is 422 g/mol. The normalized spacial score (nSPS) is 10.5. The first-order valence-corrected chi connectivity index (χ1v) is 8.66. The SMILES string of the molecule is CCOc1ccc(NC(=O)c2cc(Br)nn2-c2ncccc2Cl)cc1. The van der Waals surface area contributed by atoms with Gasteiger partial charge in [-0.15, -0.1) is 0 Å². The fraction of sp³-hybridized carbons (Fsp3) is 0.118. The summed E-state index contributed by atoms with van der Waals surface area (Å²) >= 11 is 9.45. The van der Waals surface area contributed by atoms with E-state index in [1.807, 2.05) is 6.92 Å². The van der Waals surface area contributed by atoms with Gasteiger partial charge < -0.3 is 10.1 Å². The molecule has 0 aliphatic heterocycles. The molecule has 0 fully saturated rings. The number of carbonyl (C=O) groups is 1. The highest BCUT2D eigenvalue weighted by Gasteiger charge is 2.18. The Morgan fingerprint density at radius 1 is 1.32 bits per heavy atom. The van der Waals surface area contributed by atoms with Crippen LogP contribution < -0.4 is 10.1 Å². The minimum Gasteiger partial charge on any atom is -0.494 e. The zero-order chi connectivity index (χ0) is 17.8. The third kappa shape index (κ3) is 4.00. The predicted molar refractivity (Wildman–Crippen MR) is 99.6 cm³/mol. The second-order valence-corrected chi connectivity index (χ2v) is 6.20. The summed E-state index contributed by atoms with van der Waals surface area (Å²) in [5.74, 6) is 0.796. The van der Waals surface area contributed by atoms with Crippen molar-refractivity contribution >= 4 is 39.1 Å². The van der Waals surface area contributed by atoms with Crippen LogP contribution in [0.2, 0.25) is 5.02 Å². The van der Waals surface area contributed by atoms with Crippen LogP contribution in [0.1, 0.15) is 17.4 Å². The predicted octanol–water partition coefficient (Wildman–Crippen LogP) is 4.33. The van der Waals surface area contributed by atoms with E-state index in [1.165, 1.54) is 4.68 Å². The molecule has 1 amide bonds. The molecule has 0 spiro atoms. The molecule has 0 saturated heterocycles. The van der Waals surface area contributed by atoms with Crippen LogP contribution in [0.25, 0.3) is 5.82 Å². The summed E-state index contributed by atoms with van der Waals surface area (Å²) in [5.41, 5.74) is 0.950. The number of nitrogens with one attached hydrogen (secondary N) is 1. The van der Waals surface area contributed by atoms with Crippen molar-refractivity contribution in [3.8, 4) is 11.6 Å². The van der Waals surface area contributed by atoms with Crippen LogP contribution in [-0.2, 0) is 0 Å². The molecule has 128 valence electrons. The standard InChI is InChI=1S/C17H14BrClN4O2/c1-2-25-12-7-5-11(6-8-12)21-17(24)14-10-15(18)22-23(14)16-13(19)4-3-9-20-16/h3-10H,2H2,1H3,(H,21,24). The number of halogens is 2. The van der Waals surface area contributed by atoms with Crippen LogP contribution in [0.4, 0.5) is 5.69 Å². The topological polar surface area (TPSA) is 69.0 Å². The average Bonchev–Trinajstić information content (AvgIpc) is 2.99. The molecule has 0 radical (unpaired) electrons. The van der Waals surface area contributed by atoms with Gasteiger partial charge in [0.25, 0.3) is 5.91 Å². The molecular weight excluding hydrogens is 408 g/mol. The third-order valence-electron chi connectivity index (χ3n) is 3.28. The van der Waals surface area contributed by atoms with Crippen molar-refractivity contribution in [2.45, 2.75) is 6.92 Å². The van der Waals surface area contributed by atoms with E-state index in [0.29, 0.717) is 33.4 Å². The summed E-state index contributed by atoms with van der Waals surface area (Å²) in [5, 5.41) is 7.47. The molecule has 3 rings (SSSR count). The number of amides is 1. The zero-order valence-corrected chi connectivity index (χ0v) is 15.6. The van der Waals surface area contributed by atoms with E-state index in [2.05, 4.69) is 31.3 Å². The number of hydrogen-bond acceptors (Lipinski definition) is 4. The maximum Gasteiger partial charge on any atom is 0.274 e. The van der Waals surface area contributed by atoms with Gasteiger partial charge in [0.05, 0.1) is 11.6 Å². The Kier molecular flexibility index (Phi) is 5.35. The molecule has 8 heteroatoms. The number of nitrogens with zero attached hydrogens (tertiary/aromatic N) is 3. The number of rotatable bonds is 5. The quantitative estimate of drug-likeness (QED) is 0.665. The van der Waals surface area contributed by atoms with Gasteiger partial charge in [0, 0.05) is 18.0 Å². The lowest BCUT2D eigenvalue weighted by molar-refractivity contribution is 0.101. The van der Waals surface area contributed by atoms with Crippen LogP contribution in [-0.4, -0.2) is 27.3 Å². The van der Waals surface area contributed by atoms with Gasteiger partial charge in [-0.2, -0.15) is 5.10 Å². The minimum atomic E-state index is -0.330. The zero-order valence-electron chi connectivity index (χ0n) is 13.2. The second-order valence-electron chi connectivity index (χ2n) is 4.98. The van der Waals surface area contributed by atoms with E-state index in [-0.39, 0.29) is 5.91 Å². The van der Waals surface area contributed by atoms with E-state index >= 15 is 0 Å². The van der Waals surface area contributed by atoms with Crippen molar-refractivity contribution in [3.63, 3.8) is 0 Å². The molecule has 1 aromatic carbocycles. The molecule has 0 aliphatic rings. The van der Waals surface area contributed by atoms with Crippen molar-refractivity contribution in [2.75, 3.05) is 11.9 Å². The highest BCUT2D eigenvalue weighted by atomic mass is 79.9. The van der Waals surface area contributed by atoms with Crippen LogP contribution in [0.3, 0.4) is 0 Å². The number of hydrogen-bond donors (Lipinski definition) is 1. The fourth-order valence-corrected chi connectivity index (χ4v) is 2.78. The number of ether oxygens (including phenoxy) is 1. The lowest BCUT2D eigenvalue weighted by atomic mass is 10.3. The van der Waals surface area contributed by atoms with Crippen LogP contribution >= 0.6 is 27.5 Å². The van der Waals surface area contributed by atoms with Crippen molar-refractivity contribution in [1.29, 1.82) is 0 Å². The fourth-order valence-electron chi connectivity index (χ4n) is 2.20. The van der Waals surface area contributed by atoms with Crippen molar-refractivity contribution < 1.29 is 9.53 Å². The summed E-state index contributed by atoms with van der Waals surface area (Å²) in [6, 6.07) is 12.1. The summed E-state index contributed by atoms with van der Waals surface area (Å²) in [6.45, 7) is 2.50. The monoisotopic (exact) mass is 420 g/mol. The van der Waals surface area contributed by atoms with Crippen molar-refractivity contribution in [1.82, 2.24) is 14.8 Å². The number of aromatic nitrogens is 3. The van der Waals surface area contributed by atoms with Gasteiger partial charge in [-0.3, -0.25) is 4.79 Å². The van der Waals surface area contributed by atoms with Gasteiger partial charge in [0.1, 0.15) is 16.0 Å². The van der Waals surface area contributed by atoms with Gasteiger partial charge in [-0.25, -0.2) is 9.67 Å². The smallest absolute Gasteiger partial charge is 0.274 e. The molecule has 0 bridgehead atoms. The second kappa shape index (κ2) is 7.67. The molecule has 2 heterocycles. The van der Waals surface area contributed by atoms with E-state index in [1.54, 1.807) is 48.7 Å². The Morgan fingerprint density at radius 3 is 2.76 bits per heavy atom. The number of pyridine rings is 1. The Hall–Kier alpha value is -2.38. The minimum absolute atomic E-state index is 0.307. The largest absolute Gasteiger partial charge is 0.494 e.